The molecular formula is C31H29ClN6O5. The number of hydrogen-bond acceptors (Lipinski definition) is 7. The summed E-state index contributed by atoms with van der Waals surface area (Å²) < 4.78 is 1.90. The average Bonchev–Trinajstić information content (AvgIpc) is 3.52. The highest BCUT2D eigenvalue weighted by molar-refractivity contribution is 6.30. The topological polar surface area (TPSA) is 134 Å². The third-order valence-corrected chi connectivity index (χ3v) is 13.0. The number of hydrogen-bond donors (Lipinski definition) is 2. The van der Waals surface area contributed by atoms with Gasteiger partial charge in [0.25, 0.3) is 11.8 Å². The summed E-state index contributed by atoms with van der Waals surface area (Å²) in [7, 11) is 0. The number of nitrogens with zero attached hydrogens (tertiary/aromatic N) is 4. The van der Waals surface area contributed by atoms with Crippen LogP contribution in [0.4, 0.5) is 5.69 Å². The van der Waals surface area contributed by atoms with Gasteiger partial charge in [-0.15, -0.1) is 0 Å². The van der Waals surface area contributed by atoms with Crippen molar-refractivity contribution >= 4 is 46.8 Å². The molecule has 1 aromatic carbocycles. The van der Waals surface area contributed by atoms with E-state index in [9.17, 15) is 24.0 Å². The molecule has 11 rings (SSSR count). The van der Waals surface area contributed by atoms with Gasteiger partial charge in [-0.1, -0.05) is 17.7 Å². The van der Waals surface area contributed by atoms with Crippen LogP contribution in [0.1, 0.15) is 58.0 Å². The zero-order chi connectivity index (χ0) is 29.1. The first-order valence-corrected chi connectivity index (χ1v) is 15.8. The van der Waals surface area contributed by atoms with Crippen molar-refractivity contribution in [2.24, 2.45) is 46.8 Å². The van der Waals surface area contributed by atoms with Crippen LogP contribution < -0.4 is 10.6 Å². The van der Waals surface area contributed by atoms with Crippen molar-refractivity contribution < 1.29 is 24.0 Å². The molecule has 2 saturated heterocycles. The maximum Gasteiger partial charge on any atom is 0.264 e. The highest BCUT2D eigenvalue weighted by Gasteiger charge is 3.06. The number of anilines is 1. The molecule has 1 unspecified atom stereocenters. The number of aromatic nitrogens is 2. The smallest absolute Gasteiger partial charge is 0.264 e. The van der Waals surface area contributed by atoms with Gasteiger partial charge in [-0.3, -0.25) is 38.9 Å². The van der Waals surface area contributed by atoms with Gasteiger partial charge in [0, 0.05) is 43.5 Å². The first kappa shape index (κ1) is 24.7. The van der Waals surface area contributed by atoms with E-state index in [-0.39, 0.29) is 42.0 Å². The van der Waals surface area contributed by atoms with Crippen LogP contribution in [0.5, 0.6) is 0 Å². The lowest BCUT2D eigenvalue weighted by Gasteiger charge is -3.06. The van der Waals surface area contributed by atoms with E-state index >= 15 is 0 Å². The van der Waals surface area contributed by atoms with Gasteiger partial charge in [0.05, 0.1) is 22.6 Å². The van der Waals surface area contributed by atoms with Crippen LogP contribution in [0, 0.1) is 46.8 Å². The van der Waals surface area contributed by atoms with Crippen LogP contribution in [0.3, 0.4) is 0 Å². The molecule has 220 valence electrons. The molecule has 6 aliphatic carbocycles. The molecule has 9 aliphatic rings. The van der Waals surface area contributed by atoms with Gasteiger partial charge >= 0.3 is 0 Å². The van der Waals surface area contributed by atoms with Crippen LogP contribution in [0.25, 0.3) is 0 Å². The molecule has 5 amide bonds. The Kier molecular flexibility index (Phi) is 4.51. The van der Waals surface area contributed by atoms with E-state index < -0.39 is 29.7 Å². The Morgan fingerprint density at radius 1 is 1.00 bits per heavy atom. The summed E-state index contributed by atoms with van der Waals surface area (Å²) in [6.45, 7) is 1.79. The summed E-state index contributed by atoms with van der Waals surface area (Å²) in [6, 6.07) is 4.10. The summed E-state index contributed by atoms with van der Waals surface area (Å²) in [5.74, 6) is 4.16. The molecule has 43 heavy (non-hydrogen) atoms. The van der Waals surface area contributed by atoms with Crippen molar-refractivity contribution in [3.05, 3.63) is 46.2 Å². The number of fused-ring (bicyclic) bond motifs is 1. The number of piperidine rings is 2. The van der Waals surface area contributed by atoms with Gasteiger partial charge in [-0.25, -0.2) is 0 Å². The minimum atomic E-state index is -1.02. The molecule has 4 heterocycles. The van der Waals surface area contributed by atoms with Gasteiger partial charge in [-0.2, -0.15) is 5.10 Å². The van der Waals surface area contributed by atoms with Crippen molar-refractivity contribution in [2.45, 2.75) is 44.3 Å². The predicted molar refractivity (Wildman–Crippen MR) is 149 cm³/mol. The van der Waals surface area contributed by atoms with Gasteiger partial charge in [0.2, 0.25) is 17.7 Å². The van der Waals surface area contributed by atoms with Gasteiger partial charge < -0.3 is 10.2 Å². The second-order valence-electron chi connectivity index (χ2n) is 13.8. The molecule has 0 radical (unpaired) electrons. The molecule has 3 aliphatic heterocycles. The number of imide groups is 2. The summed E-state index contributed by atoms with van der Waals surface area (Å²) in [5, 5.41) is 10.4. The number of carbonyl (C=O) groups excluding carboxylic acids is 5. The van der Waals surface area contributed by atoms with Crippen LogP contribution >= 0.6 is 11.6 Å². The van der Waals surface area contributed by atoms with Crippen LogP contribution in [-0.4, -0.2) is 68.2 Å². The van der Waals surface area contributed by atoms with Crippen molar-refractivity contribution in [2.75, 3.05) is 18.4 Å². The fourth-order valence-corrected chi connectivity index (χ4v) is 11.2. The number of benzene rings is 1. The standard InChI is InChI=1S/C31H29ClN6O5/c32-26-12(10-33-15-3-1-2-14-18(15)29(42)38(28(14)41)16-4-5-17(39)34-27(16)40)11-37(35-26)13-6-8-36(9-7-13)30(43)31-23-20-19-21(23)25(31)22(19)24(20)31/h1-3,11,13,16,19-25,33H,4-10H2,(H,34,39,40). The Morgan fingerprint density at radius 3 is 2.42 bits per heavy atom. The van der Waals surface area contributed by atoms with E-state index in [2.05, 4.69) is 20.6 Å². The Hall–Kier alpha value is -3.73. The normalized spacial score (nSPS) is 39.2. The van der Waals surface area contributed by atoms with Crippen molar-refractivity contribution in [1.29, 1.82) is 0 Å². The predicted octanol–water partition coefficient (Wildman–Crippen LogP) is 2.08. The SMILES string of the molecule is O=C1CCC(N2C(=O)c3cccc(NCc4cn(C5CCN(C(=O)C67C8C9C%10C8C6C%10C97)CC5)nc4Cl)c3C2=O)C(=O)N1. The van der Waals surface area contributed by atoms with Crippen molar-refractivity contribution in [3.8, 4) is 0 Å². The molecule has 1 atom stereocenters. The number of likely N-dealkylation sites (tertiary alicyclic amines) is 1. The quantitative estimate of drug-likeness (QED) is 0.485. The number of carbonyl (C=O) groups is 5. The minimum Gasteiger partial charge on any atom is -0.380 e. The molecule has 12 heteroatoms. The van der Waals surface area contributed by atoms with E-state index in [0.717, 1.165) is 77.8 Å². The lowest BCUT2D eigenvalue weighted by Crippen LogP contribution is -3.07. The molecule has 6 saturated carbocycles. The Bertz CT molecular complexity index is 1680. The van der Waals surface area contributed by atoms with Gasteiger partial charge in [0.15, 0.2) is 5.15 Å². The van der Waals surface area contributed by atoms with E-state index in [1.807, 2.05) is 10.9 Å². The third kappa shape index (κ3) is 2.63. The van der Waals surface area contributed by atoms with Crippen LogP contribution in [0.15, 0.2) is 24.4 Å². The second kappa shape index (κ2) is 7.85. The van der Waals surface area contributed by atoms with Crippen molar-refractivity contribution in [1.82, 2.24) is 24.9 Å². The fourth-order valence-electron chi connectivity index (χ4n) is 11.0. The lowest BCUT2D eigenvalue weighted by molar-refractivity contribution is -0.597. The van der Waals surface area contributed by atoms with Gasteiger partial charge in [0.1, 0.15) is 6.04 Å². The first-order chi connectivity index (χ1) is 20.8. The molecule has 2 aromatic rings. The minimum absolute atomic E-state index is 0.0535. The second-order valence-corrected chi connectivity index (χ2v) is 14.2. The van der Waals surface area contributed by atoms with Crippen LogP contribution in [-0.2, 0) is 20.9 Å². The average molecular weight is 601 g/mol. The zero-order valence-corrected chi connectivity index (χ0v) is 23.9. The van der Waals surface area contributed by atoms with E-state index in [4.69, 9.17) is 11.6 Å². The maximum atomic E-state index is 13.6. The molecule has 0 bridgehead atoms. The Labute approximate surface area is 251 Å². The fraction of sp³-hybridized carbons (Fsp3) is 0.548. The molecule has 11 nitrogen and oxygen atoms in total. The molecule has 2 N–H and O–H groups in total. The van der Waals surface area contributed by atoms with Crippen LogP contribution in [0.2, 0.25) is 5.15 Å². The largest absolute Gasteiger partial charge is 0.380 e. The molecule has 1 aromatic heterocycles. The summed E-state index contributed by atoms with van der Waals surface area (Å²) in [4.78, 5) is 67.2. The van der Waals surface area contributed by atoms with E-state index in [1.165, 1.54) is 0 Å². The number of halogens is 1. The molecular weight excluding hydrogens is 572 g/mol. The van der Waals surface area contributed by atoms with Gasteiger partial charge in [-0.05, 0) is 72.8 Å². The van der Waals surface area contributed by atoms with Crippen molar-refractivity contribution in [3.63, 3.8) is 0 Å². The monoisotopic (exact) mass is 600 g/mol. The highest BCUT2D eigenvalue weighted by atomic mass is 35.5. The summed E-state index contributed by atoms with van der Waals surface area (Å²) in [6.07, 6.45) is 3.76. The molecule has 0 spiro atoms. The number of amides is 5. The first-order valence-electron chi connectivity index (χ1n) is 15.4. The van der Waals surface area contributed by atoms with E-state index in [0.29, 0.717) is 16.7 Å². The summed E-state index contributed by atoms with van der Waals surface area (Å²) in [5.41, 5.74) is 1.69. The number of rotatable bonds is 6. The van der Waals surface area contributed by atoms with E-state index in [1.54, 1.807) is 18.2 Å². The third-order valence-electron chi connectivity index (χ3n) is 12.7. The number of nitrogens with one attached hydrogen (secondary N) is 2. The summed E-state index contributed by atoms with van der Waals surface area (Å²) >= 11 is 6.54. The zero-order valence-electron chi connectivity index (χ0n) is 23.2. The maximum absolute atomic E-state index is 13.6. The lowest BCUT2D eigenvalue weighted by atomic mass is 8.96. The highest BCUT2D eigenvalue weighted by Crippen LogP contribution is 3.06. The Balaban J connectivity index is 0.807. The Morgan fingerprint density at radius 2 is 1.72 bits per heavy atom. The molecule has 8 fully saturated rings.